The molecule has 0 aliphatic carbocycles. The van der Waals surface area contributed by atoms with Gasteiger partial charge in [0.15, 0.2) is 0 Å². The lowest BCUT2D eigenvalue weighted by Gasteiger charge is -2.35. The number of benzene rings is 1. The Labute approximate surface area is 128 Å². The van der Waals surface area contributed by atoms with Crippen LogP contribution in [-0.4, -0.2) is 48.4 Å². The molecule has 21 heavy (non-hydrogen) atoms. The summed E-state index contributed by atoms with van der Waals surface area (Å²) in [6, 6.07) is 3.76. The maximum atomic E-state index is 11.0. The zero-order valence-electron chi connectivity index (χ0n) is 11.7. The molecule has 1 aromatic carbocycles. The summed E-state index contributed by atoms with van der Waals surface area (Å²) in [4.78, 5) is 13.1. The molecule has 6 heteroatoms. The number of fused-ring (bicyclic) bond motifs is 1. The number of morpholine rings is 1. The van der Waals surface area contributed by atoms with Crippen LogP contribution >= 0.6 is 11.6 Å². The highest BCUT2D eigenvalue weighted by Gasteiger charge is 2.27. The van der Waals surface area contributed by atoms with Crippen molar-refractivity contribution in [1.82, 2.24) is 4.90 Å². The van der Waals surface area contributed by atoms with E-state index in [0.717, 1.165) is 29.8 Å². The van der Waals surface area contributed by atoms with Crippen molar-refractivity contribution in [2.45, 2.75) is 25.4 Å². The molecule has 1 atom stereocenters. The molecule has 1 unspecified atom stereocenters. The van der Waals surface area contributed by atoms with Crippen LogP contribution in [0.15, 0.2) is 12.1 Å². The number of carbonyl (C=O) groups is 1. The first-order chi connectivity index (χ1) is 10.1. The molecule has 3 rings (SSSR count). The van der Waals surface area contributed by atoms with Crippen molar-refractivity contribution in [3.05, 3.63) is 28.3 Å². The van der Waals surface area contributed by atoms with E-state index >= 15 is 0 Å². The van der Waals surface area contributed by atoms with E-state index in [-0.39, 0.29) is 12.5 Å². The van der Waals surface area contributed by atoms with Crippen LogP contribution < -0.4 is 4.74 Å². The molecule has 0 spiro atoms. The molecule has 0 bridgehead atoms. The Morgan fingerprint density at radius 1 is 1.43 bits per heavy atom. The molecule has 1 fully saturated rings. The maximum Gasteiger partial charge on any atom is 0.305 e. The molecule has 0 aromatic heterocycles. The van der Waals surface area contributed by atoms with E-state index in [0.29, 0.717) is 31.4 Å². The van der Waals surface area contributed by atoms with Crippen LogP contribution in [0.4, 0.5) is 0 Å². The standard InChI is InChI=1S/C15H18ClNO4/c16-12-5-10-1-3-21-15(10)11(6-12)8-17-2-4-20-9-13(17)7-14(18)19/h5-6,13H,1-4,7-9H2,(H,18,19). The summed E-state index contributed by atoms with van der Waals surface area (Å²) >= 11 is 6.17. The molecule has 1 saturated heterocycles. The van der Waals surface area contributed by atoms with E-state index in [9.17, 15) is 4.79 Å². The Kier molecular flexibility index (Phi) is 4.33. The quantitative estimate of drug-likeness (QED) is 0.921. The summed E-state index contributed by atoms with van der Waals surface area (Å²) in [5.41, 5.74) is 2.17. The number of halogens is 1. The van der Waals surface area contributed by atoms with Gasteiger partial charge in [0, 0.05) is 36.1 Å². The molecule has 0 radical (unpaired) electrons. The van der Waals surface area contributed by atoms with Crippen molar-refractivity contribution in [3.63, 3.8) is 0 Å². The van der Waals surface area contributed by atoms with Crippen LogP contribution in [0.3, 0.4) is 0 Å². The molecule has 2 aliphatic rings. The first kappa shape index (κ1) is 14.6. The summed E-state index contributed by atoms with van der Waals surface area (Å²) in [5, 5.41) is 9.73. The van der Waals surface area contributed by atoms with Gasteiger partial charge in [0.05, 0.1) is 26.2 Å². The Bertz CT molecular complexity index is 549. The molecular weight excluding hydrogens is 294 g/mol. The molecule has 1 N–H and O–H groups in total. The zero-order valence-corrected chi connectivity index (χ0v) is 12.4. The van der Waals surface area contributed by atoms with Gasteiger partial charge in [0.2, 0.25) is 0 Å². The van der Waals surface area contributed by atoms with Gasteiger partial charge < -0.3 is 14.6 Å². The van der Waals surface area contributed by atoms with Crippen molar-refractivity contribution in [1.29, 1.82) is 0 Å². The topological polar surface area (TPSA) is 59.0 Å². The van der Waals surface area contributed by atoms with Crippen LogP contribution in [0.1, 0.15) is 17.5 Å². The van der Waals surface area contributed by atoms with Gasteiger partial charge in [-0.15, -0.1) is 0 Å². The molecule has 2 heterocycles. The van der Waals surface area contributed by atoms with Crippen LogP contribution in [-0.2, 0) is 22.5 Å². The van der Waals surface area contributed by atoms with Gasteiger partial charge in [-0.05, 0) is 17.7 Å². The van der Waals surface area contributed by atoms with Gasteiger partial charge in [-0.3, -0.25) is 9.69 Å². The number of rotatable bonds is 4. The van der Waals surface area contributed by atoms with Gasteiger partial charge in [-0.2, -0.15) is 0 Å². The number of hydrogen-bond donors (Lipinski definition) is 1. The van der Waals surface area contributed by atoms with Crippen molar-refractivity contribution < 1.29 is 19.4 Å². The highest BCUT2D eigenvalue weighted by atomic mass is 35.5. The van der Waals surface area contributed by atoms with E-state index < -0.39 is 5.97 Å². The van der Waals surface area contributed by atoms with Crippen molar-refractivity contribution in [2.24, 2.45) is 0 Å². The number of carboxylic acids is 1. The second-order valence-electron chi connectivity index (χ2n) is 5.45. The molecule has 5 nitrogen and oxygen atoms in total. The number of hydrogen-bond acceptors (Lipinski definition) is 4. The predicted molar refractivity (Wildman–Crippen MR) is 77.9 cm³/mol. The Morgan fingerprint density at radius 2 is 2.29 bits per heavy atom. The van der Waals surface area contributed by atoms with E-state index in [1.54, 1.807) is 0 Å². The van der Waals surface area contributed by atoms with E-state index in [1.165, 1.54) is 0 Å². The van der Waals surface area contributed by atoms with E-state index in [1.807, 2.05) is 12.1 Å². The van der Waals surface area contributed by atoms with Crippen LogP contribution in [0.2, 0.25) is 5.02 Å². The first-order valence-electron chi connectivity index (χ1n) is 7.11. The van der Waals surface area contributed by atoms with Gasteiger partial charge in [0.1, 0.15) is 5.75 Å². The minimum Gasteiger partial charge on any atom is -0.493 e. The largest absolute Gasteiger partial charge is 0.493 e. The molecule has 2 aliphatic heterocycles. The summed E-state index contributed by atoms with van der Waals surface area (Å²) < 4.78 is 11.1. The molecule has 114 valence electrons. The summed E-state index contributed by atoms with van der Waals surface area (Å²) in [6.07, 6.45) is 0.966. The lowest BCUT2D eigenvalue weighted by molar-refractivity contribution is -0.140. The Morgan fingerprint density at radius 3 is 3.10 bits per heavy atom. The number of carboxylic acid groups (broad SMARTS) is 1. The third-order valence-corrected chi connectivity index (χ3v) is 4.18. The molecule has 1 aromatic rings. The highest BCUT2D eigenvalue weighted by Crippen LogP contribution is 2.34. The minimum absolute atomic E-state index is 0.0869. The van der Waals surface area contributed by atoms with Gasteiger partial charge in [-0.25, -0.2) is 0 Å². The maximum absolute atomic E-state index is 11.0. The fraction of sp³-hybridized carbons (Fsp3) is 0.533. The fourth-order valence-corrected chi connectivity index (χ4v) is 3.23. The smallest absolute Gasteiger partial charge is 0.305 e. The lowest BCUT2D eigenvalue weighted by atomic mass is 10.1. The summed E-state index contributed by atoms with van der Waals surface area (Å²) in [6.45, 7) is 3.13. The monoisotopic (exact) mass is 311 g/mol. The predicted octanol–water partition coefficient (Wildman–Crippen LogP) is 1.95. The number of nitrogens with zero attached hydrogens (tertiary/aromatic N) is 1. The normalized spacial score (nSPS) is 21.9. The highest BCUT2D eigenvalue weighted by molar-refractivity contribution is 6.30. The van der Waals surface area contributed by atoms with Crippen molar-refractivity contribution in [2.75, 3.05) is 26.4 Å². The van der Waals surface area contributed by atoms with E-state index in [2.05, 4.69) is 4.90 Å². The summed E-state index contributed by atoms with van der Waals surface area (Å²) in [5.74, 6) is 0.114. The molecule has 0 amide bonds. The van der Waals surface area contributed by atoms with Gasteiger partial charge in [0.25, 0.3) is 0 Å². The average Bonchev–Trinajstić information content (AvgIpc) is 2.88. The van der Waals surface area contributed by atoms with E-state index in [4.69, 9.17) is 26.2 Å². The number of ether oxygens (including phenoxy) is 2. The minimum atomic E-state index is -0.803. The molecular formula is C15H18ClNO4. The third-order valence-electron chi connectivity index (χ3n) is 3.96. The van der Waals surface area contributed by atoms with Crippen molar-refractivity contribution in [3.8, 4) is 5.75 Å². The third kappa shape index (κ3) is 3.31. The second-order valence-corrected chi connectivity index (χ2v) is 5.89. The average molecular weight is 312 g/mol. The SMILES string of the molecule is O=C(O)CC1COCCN1Cc1cc(Cl)cc2c1OCC2. The Balaban J connectivity index is 1.80. The lowest BCUT2D eigenvalue weighted by Crippen LogP contribution is -2.45. The van der Waals surface area contributed by atoms with Crippen molar-refractivity contribution >= 4 is 17.6 Å². The Hall–Kier alpha value is -1.30. The van der Waals surface area contributed by atoms with Crippen LogP contribution in [0.5, 0.6) is 5.75 Å². The first-order valence-corrected chi connectivity index (χ1v) is 7.49. The number of aliphatic carboxylic acids is 1. The van der Waals surface area contributed by atoms with Crippen LogP contribution in [0.25, 0.3) is 0 Å². The van der Waals surface area contributed by atoms with Gasteiger partial charge in [-0.1, -0.05) is 11.6 Å². The van der Waals surface area contributed by atoms with Gasteiger partial charge >= 0.3 is 5.97 Å². The zero-order chi connectivity index (χ0) is 14.8. The fourth-order valence-electron chi connectivity index (χ4n) is 2.97. The molecule has 0 saturated carbocycles. The van der Waals surface area contributed by atoms with Crippen LogP contribution in [0, 0.1) is 0 Å². The second kappa shape index (κ2) is 6.22. The summed E-state index contributed by atoms with van der Waals surface area (Å²) in [7, 11) is 0.